The summed E-state index contributed by atoms with van der Waals surface area (Å²) < 4.78 is 8.43. The number of aromatic nitrogens is 3. The maximum absolute atomic E-state index is 9.44. The van der Waals surface area contributed by atoms with E-state index in [1.165, 1.54) is 24.0 Å². The van der Waals surface area contributed by atoms with Crippen molar-refractivity contribution < 1.29 is 4.74 Å². The van der Waals surface area contributed by atoms with Crippen molar-refractivity contribution in [2.24, 2.45) is 0 Å². The minimum absolute atomic E-state index is 0.472. The largest absolute Gasteiger partial charge is 0.488 e. The highest BCUT2D eigenvalue weighted by atomic mass is 16.5. The summed E-state index contributed by atoms with van der Waals surface area (Å²) in [5, 5.41) is 9.44. The number of imidazole rings is 1. The first-order valence-electron chi connectivity index (χ1n) is 11.4. The van der Waals surface area contributed by atoms with Crippen LogP contribution in [-0.2, 0) is 13.2 Å². The van der Waals surface area contributed by atoms with Gasteiger partial charge in [0.25, 0.3) is 0 Å². The second-order valence-electron chi connectivity index (χ2n) is 9.05. The number of hydrogen-bond acceptors (Lipinski definition) is 4. The normalized spacial score (nSPS) is 16.1. The lowest BCUT2D eigenvalue weighted by Crippen LogP contribution is -2.07. The quantitative estimate of drug-likeness (QED) is 0.383. The van der Waals surface area contributed by atoms with Gasteiger partial charge in [-0.1, -0.05) is 30.3 Å². The summed E-state index contributed by atoms with van der Waals surface area (Å²) >= 11 is 0. The molecule has 0 unspecified atom stereocenters. The van der Waals surface area contributed by atoms with Crippen molar-refractivity contribution in [2.45, 2.75) is 45.8 Å². The number of hydrogen-bond donors (Lipinski definition) is 0. The molecule has 5 heteroatoms. The van der Waals surface area contributed by atoms with E-state index < -0.39 is 0 Å². The number of pyridine rings is 1. The molecule has 2 aliphatic rings. The standard InChI is InChI=1S/C28H24N4O/c1-17-13-18(2)30-28-26(17)31-27(20-8-9-20)32(28)15-19-7-10-22-21(14-19)16-33-25-6-4-3-5-24(25)23(22)11-12-29/h3-7,10-11,13-14,20H,8-9,15-16H2,1-2H3/b23-11-. The third kappa shape index (κ3) is 3.39. The number of fused-ring (bicyclic) bond motifs is 3. The molecule has 162 valence electrons. The van der Waals surface area contributed by atoms with Crippen LogP contribution in [0.2, 0.25) is 0 Å². The zero-order valence-electron chi connectivity index (χ0n) is 18.8. The van der Waals surface area contributed by atoms with Gasteiger partial charge in [-0.3, -0.25) is 0 Å². The van der Waals surface area contributed by atoms with E-state index in [4.69, 9.17) is 14.7 Å². The SMILES string of the molecule is Cc1cc(C)c2nc(C3CC3)n(Cc3ccc4c(c3)COc3ccccc3/C4=C\C#N)c2n1. The van der Waals surface area contributed by atoms with E-state index in [0.29, 0.717) is 12.5 Å². The average molecular weight is 433 g/mol. The number of benzene rings is 2. The Balaban J connectivity index is 1.44. The van der Waals surface area contributed by atoms with Gasteiger partial charge in [-0.2, -0.15) is 5.26 Å². The first-order chi connectivity index (χ1) is 16.1. The van der Waals surface area contributed by atoms with E-state index >= 15 is 0 Å². The molecule has 0 amide bonds. The van der Waals surface area contributed by atoms with Crippen LogP contribution in [-0.4, -0.2) is 14.5 Å². The molecule has 0 spiro atoms. The summed E-state index contributed by atoms with van der Waals surface area (Å²) in [7, 11) is 0. The molecule has 0 N–H and O–H groups in total. The van der Waals surface area contributed by atoms with Gasteiger partial charge in [-0.25, -0.2) is 9.97 Å². The zero-order valence-corrected chi connectivity index (χ0v) is 18.8. The summed E-state index contributed by atoms with van der Waals surface area (Å²) in [6.07, 6.45) is 4.01. The number of allylic oxidation sites excluding steroid dienone is 1. The first kappa shape index (κ1) is 19.8. The molecule has 5 nitrogen and oxygen atoms in total. The van der Waals surface area contributed by atoms with Crippen LogP contribution in [0, 0.1) is 25.2 Å². The van der Waals surface area contributed by atoms with E-state index in [0.717, 1.165) is 57.2 Å². The highest BCUT2D eigenvalue weighted by molar-refractivity contribution is 5.86. The molecule has 3 heterocycles. The second kappa shape index (κ2) is 7.60. The minimum Gasteiger partial charge on any atom is -0.488 e. The summed E-state index contributed by atoms with van der Waals surface area (Å²) in [6, 6.07) is 18.7. The molecule has 2 aromatic heterocycles. The molecule has 1 aliphatic heterocycles. The van der Waals surface area contributed by atoms with Crippen LogP contribution in [0.25, 0.3) is 16.7 Å². The number of aryl methyl sites for hydroxylation is 2. The number of nitriles is 1. The van der Waals surface area contributed by atoms with E-state index in [9.17, 15) is 5.26 Å². The number of para-hydroxylation sites is 1. The highest BCUT2D eigenvalue weighted by Crippen LogP contribution is 2.41. The molecule has 0 atom stereocenters. The van der Waals surface area contributed by atoms with Crippen molar-refractivity contribution in [2.75, 3.05) is 0 Å². The summed E-state index contributed by atoms with van der Waals surface area (Å²) in [4.78, 5) is 9.87. The topological polar surface area (TPSA) is 63.7 Å². The van der Waals surface area contributed by atoms with Crippen LogP contribution in [0.4, 0.5) is 0 Å². The van der Waals surface area contributed by atoms with Crippen molar-refractivity contribution in [1.29, 1.82) is 5.26 Å². The maximum atomic E-state index is 9.44. The number of rotatable bonds is 3. The number of nitrogens with zero attached hydrogens (tertiary/aromatic N) is 4. The van der Waals surface area contributed by atoms with Crippen LogP contribution in [0.15, 0.2) is 54.6 Å². The molecule has 4 aromatic rings. The van der Waals surface area contributed by atoms with Crippen LogP contribution in [0.1, 0.15) is 58.1 Å². The highest BCUT2D eigenvalue weighted by Gasteiger charge is 2.30. The van der Waals surface area contributed by atoms with E-state index in [-0.39, 0.29) is 0 Å². The van der Waals surface area contributed by atoms with Crippen molar-refractivity contribution >= 4 is 16.7 Å². The van der Waals surface area contributed by atoms with Gasteiger partial charge >= 0.3 is 0 Å². The molecule has 6 rings (SSSR count). The molecule has 2 aromatic carbocycles. The van der Waals surface area contributed by atoms with Crippen molar-refractivity contribution in [1.82, 2.24) is 14.5 Å². The number of ether oxygens (including phenoxy) is 1. The van der Waals surface area contributed by atoms with Crippen LogP contribution in [0.3, 0.4) is 0 Å². The lowest BCUT2D eigenvalue weighted by Gasteiger charge is -2.13. The molecule has 0 saturated heterocycles. The Bertz CT molecular complexity index is 1480. The van der Waals surface area contributed by atoms with Gasteiger partial charge in [0.1, 0.15) is 23.7 Å². The minimum atomic E-state index is 0.472. The Labute approximate surface area is 193 Å². The van der Waals surface area contributed by atoms with E-state index in [1.807, 2.05) is 31.2 Å². The second-order valence-corrected chi connectivity index (χ2v) is 9.05. The molecule has 0 bridgehead atoms. The van der Waals surface area contributed by atoms with Gasteiger partial charge in [-0.15, -0.1) is 0 Å². The summed E-state index contributed by atoms with van der Waals surface area (Å²) in [5.41, 5.74) is 9.36. The lowest BCUT2D eigenvalue weighted by atomic mass is 9.93. The van der Waals surface area contributed by atoms with Crippen molar-refractivity contribution in [3.05, 3.63) is 93.9 Å². The fraction of sp³-hybridized carbons (Fsp3) is 0.250. The van der Waals surface area contributed by atoms with Crippen LogP contribution in [0.5, 0.6) is 5.75 Å². The van der Waals surface area contributed by atoms with Gasteiger partial charge in [0.2, 0.25) is 0 Å². The predicted octanol–water partition coefficient (Wildman–Crippen LogP) is 5.82. The third-order valence-electron chi connectivity index (χ3n) is 6.56. The van der Waals surface area contributed by atoms with Crippen molar-refractivity contribution in [3.63, 3.8) is 0 Å². The third-order valence-corrected chi connectivity index (χ3v) is 6.56. The molecular formula is C28H24N4O. The molecule has 0 radical (unpaired) electrons. The van der Waals surface area contributed by atoms with Crippen LogP contribution < -0.4 is 4.74 Å². The molecule has 1 aliphatic carbocycles. The van der Waals surface area contributed by atoms with Crippen molar-refractivity contribution in [3.8, 4) is 11.8 Å². The fourth-order valence-electron chi connectivity index (χ4n) is 4.87. The molecule has 1 fully saturated rings. The fourth-order valence-corrected chi connectivity index (χ4v) is 4.87. The van der Waals surface area contributed by atoms with Crippen LogP contribution >= 0.6 is 0 Å². The smallest absolute Gasteiger partial charge is 0.160 e. The molecular weight excluding hydrogens is 408 g/mol. The molecule has 1 saturated carbocycles. The average Bonchev–Trinajstić information content (AvgIpc) is 3.61. The van der Waals surface area contributed by atoms with E-state index in [1.54, 1.807) is 6.08 Å². The van der Waals surface area contributed by atoms with Gasteiger partial charge in [-0.05, 0) is 67.1 Å². The monoisotopic (exact) mass is 432 g/mol. The first-order valence-corrected chi connectivity index (χ1v) is 11.4. The summed E-state index contributed by atoms with van der Waals surface area (Å²) in [5.74, 6) is 2.49. The Hall–Kier alpha value is -3.91. The Morgan fingerprint density at radius 3 is 2.76 bits per heavy atom. The van der Waals surface area contributed by atoms with Gasteiger partial charge in [0, 0.05) is 28.8 Å². The summed E-state index contributed by atoms with van der Waals surface area (Å²) in [6.45, 7) is 5.35. The Kier molecular flexibility index (Phi) is 4.55. The van der Waals surface area contributed by atoms with Gasteiger partial charge < -0.3 is 9.30 Å². The van der Waals surface area contributed by atoms with Gasteiger partial charge in [0.05, 0.1) is 12.6 Å². The Morgan fingerprint density at radius 1 is 1.09 bits per heavy atom. The predicted molar refractivity (Wildman–Crippen MR) is 128 cm³/mol. The van der Waals surface area contributed by atoms with Gasteiger partial charge in [0.15, 0.2) is 5.65 Å². The molecule has 33 heavy (non-hydrogen) atoms. The van der Waals surface area contributed by atoms with E-state index in [2.05, 4.69) is 41.8 Å². The Morgan fingerprint density at radius 2 is 1.94 bits per heavy atom. The maximum Gasteiger partial charge on any atom is 0.160 e. The zero-order chi connectivity index (χ0) is 22.5. The lowest BCUT2D eigenvalue weighted by molar-refractivity contribution is 0.307.